The van der Waals surface area contributed by atoms with Gasteiger partial charge in [-0.05, 0) is 53.2 Å². The smallest absolute Gasteiger partial charge is 0.0731 e. The molecule has 1 atom stereocenters. The SMILES string of the molecule is Cc1cc([C@H](C2CCOCC2)N2CCNCC2)sc1Br. The van der Waals surface area contributed by atoms with Crippen LogP contribution in [0, 0.1) is 12.8 Å². The Labute approximate surface area is 133 Å². The fourth-order valence-electron chi connectivity index (χ4n) is 3.33. The summed E-state index contributed by atoms with van der Waals surface area (Å²) in [6.07, 6.45) is 2.40. The lowest BCUT2D eigenvalue weighted by molar-refractivity contribution is 0.0223. The number of halogens is 1. The summed E-state index contributed by atoms with van der Waals surface area (Å²) in [5.74, 6) is 0.742. The number of rotatable bonds is 3. The standard InChI is InChI=1S/C15H23BrN2OS/c1-11-10-13(20-15(11)16)14(12-2-8-19-9-3-12)18-6-4-17-5-7-18/h10,12,14,17H,2-9H2,1H3/t14-/m0/s1. The summed E-state index contributed by atoms with van der Waals surface area (Å²) in [5, 5.41) is 3.47. The average Bonchev–Trinajstić information content (AvgIpc) is 2.81. The lowest BCUT2D eigenvalue weighted by atomic mass is 9.89. The molecule has 0 unspecified atom stereocenters. The number of nitrogens with zero attached hydrogens (tertiary/aromatic N) is 1. The van der Waals surface area contributed by atoms with Gasteiger partial charge in [-0.15, -0.1) is 11.3 Å². The van der Waals surface area contributed by atoms with Gasteiger partial charge >= 0.3 is 0 Å². The lowest BCUT2D eigenvalue weighted by Crippen LogP contribution is -2.47. The Morgan fingerprint density at radius 2 is 2.05 bits per heavy atom. The minimum atomic E-state index is 0.580. The van der Waals surface area contributed by atoms with E-state index in [2.05, 4.69) is 39.1 Å². The van der Waals surface area contributed by atoms with Gasteiger partial charge < -0.3 is 10.1 Å². The van der Waals surface area contributed by atoms with Gasteiger partial charge in [0.15, 0.2) is 0 Å². The molecule has 3 heterocycles. The highest BCUT2D eigenvalue weighted by atomic mass is 79.9. The maximum Gasteiger partial charge on any atom is 0.0731 e. The Bertz CT molecular complexity index is 402. The molecule has 2 fully saturated rings. The van der Waals surface area contributed by atoms with Crippen LogP contribution in [0.2, 0.25) is 0 Å². The van der Waals surface area contributed by atoms with Gasteiger partial charge in [-0.3, -0.25) is 4.90 Å². The lowest BCUT2D eigenvalue weighted by Gasteiger charge is -2.40. The van der Waals surface area contributed by atoms with Crippen molar-refractivity contribution >= 4 is 27.3 Å². The molecule has 1 N–H and O–H groups in total. The van der Waals surface area contributed by atoms with E-state index in [1.807, 2.05) is 11.3 Å². The zero-order valence-electron chi connectivity index (χ0n) is 12.0. The van der Waals surface area contributed by atoms with E-state index in [0.717, 1.165) is 45.3 Å². The van der Waals surface area contributed by atoms with Crippen LogP contribution in [0.5, 0.6) is 0 Å². The monoisotopic (exact) mass is 358 g/mol. The maximum atomic E-state index is 5.57. The van der Waals surface area contributed by atoms with Crippen LogP contribution in [0.1, 0.15) is 29.3 Å². The Kier molecular flexibility index (Phi) is 5.15. The van der Waals surface area contributed by atoms with Gasteiger partial charge in [0.05, 0.1) is 3.79 Å². The third-order valence-electron chi connectivity index (χ3n) is 4.43. The molecule has 2 aliphatic rings. The maximum absolute atomic E-state index is 5.57. The van der Waals surface area contributed by atoms with Gasteiger partial charge in [-0.2, -0.15) is 0 Å². The van der Waals surface area contributed by atoms with Crippen molar-refractivity contribution in [1.82, 2.24) is 10.2 Å². The predicted octanol–water partition coefficient (Wildman–Crippen LogP) is 3.19. The van der Waals surface area contributed by atoms with Crippen LogP contribution in [-0.2, 0) is 4.74 Å². The molecule has 0 spiro atoms. The summed E-state index contributed by atoms with van der Waals surface area (Å²) in [6, 6.07) is 2.97. The van der Waals surface area contributed by atoms with E-state index < -0.39 is 0 Å². The summed E-state index contributed by atoms with van der Waals surface area (Å²) in [5.41, 5.74) is 1.37. The zero-order chi connectivity index (χ0) is 13.9. The second-order valence-electron chi connectivity index (χ2n) is 5.79. The molecule has 2 saturated heterocycles. The van der Waals surface area contributed by atoms with Crippen molar-refractivity contribution in [3.05, 3.63) is 20.3 Å². The Hall–Kier alpha value is 0.0600. The van der Waals surface area contributed by atoms with Crippen molar-refractivity contribution in [3.63, 3.8) is 0 Å². The van der Waals surface area contributed by atoms with Crippen molar-refractivity contribution < 1.29 is 4.74 Å². The van der Waals surface area contributed by atoms with Gasteiger partial charge in [-0.1, -0.05) is 0 Å². The molecule has 0 aromatic carbocycles. The molecule has 5 heteroatoms. The number of ether oxygens (including phenoxy) is 1. The van der Waals surface area contributed by atoms with Crippen LogP contribution in [0.4, 0.5) is 0 Å². The molecule has 2 aliphatic heterocycles. The van der Waals surface area contributed by atoms with E-state index in [-0.39, 0.29) is 0 Å². The minimum Gasteiger partial charge on any atom is -0.381 e. The molecule has 0 radical (unpaired) electrons. The normalized spacial score (nSPS) is 23.9. The van der Waals surface area contributed by atoms with Crippen LogP contribution in [0.15, 0.2) is 9.85 Å². The molecule has 0 saturated carbocycles. The highest BCUT2D eigenvalue weighted by Crippen LogP contribution is 2.41. The molecule has 0 amide bonds. The summed E-state index contributed by atoms with van der Waals surface area (Å²) >= 11 is 5.62. The summed E-state index contributed by atoms with van der Waals surface area (Å²) < 4.78 is 6.86. The van der Waals surface area contributed by atoms with Crippen molar-refractivity contribution in [1.29, 1.82) is 0 Å². The molecule has 112 valence electrons. The van der Waals surface area contributed by atoms with Gasteiger partial charge in [0, 0.05) is 50.3 Å². The van der Waals surface area contributed by atoms with E-state index in [9.17, 15) is 0 Å². The second kappa shape index (κ2) is 6.88. The summed E-state index contributed by atoms with van der Waals surface area (Å²) in [6.45, 7) is 8.62. The number of aryl methyl sites for hydroxylation is 1. The van der Waals surface area contributed by atoms with Crippen LogP contribution < -0.4 is 5.32 Å². The molecule has 20 heavy (non-hydrogen) atoms. The number of hydrogen-bond acceptors (Lipinski definition) is 4. The first-order chi connectivity index (χ1) is 9.75. The highest BCUT2D eigenvalue weighted by Gasteiger charge is 2.32. The Morgan fingerprint density at radius 3 is 2.65 bits per heavy atom. The first-order valence-electron chi connectivity index (χ1n) is 7.54. The molecular weight excluding hydrogens is 336 g/mol. The predicted molar refractivity (Wildman–Crippen MR) is 87.5 cm³/mol. The van der Waals surface area contributed by atoms with Crippen LogP contribution >= 0.6 is 27.3 Å². The summed E-state index contributed by atoms with van der Waals surface area (Å²) in [4.78, 5) is 4.22. The molecule has 1 aromatic heterocycles. The zero-order valence-corrected chi connectivity index (χ0v) is 14.4. The van der Waals surface area contributed by atoms with E-state index in [1.54, 1.807) is 0 Å². The number of hydrogen-bond donors (Lipinski definition) is 1. The van der Waals surface area contributed by atoms with E-state index in [4.69, 9.17) is 4.74 Å². The van der Waals surface area contributed by atoms with Gasteiger partial charge in [0.25, 0.3) is 0 Å². The van der Waals surface area contributed by atoms with Crippen molar-refractivity contribution in [2.75, 3.05) is 39.4 Å². The quantitative estimate of drug-likeness (QED) is 0.897. The fraction of sp³-hybridized carbons (Fsp3) is 0.733. The Morgan fingerprint density at radius 1 is 1.35 bits per heavy atom. The van der Waals surface area contributed by atoms with Crippen molar-refractivity contribution in [2.24, 2.45) is 5.92 Å². The number of thiophene rings is 1. The van der Waals surface area contributed by atoms with Gasteiger partial charge in [-0.25, -0.2) is 0 Å². The van der Waals surface area contributed by atoms with Crippen molar-refractivity contribution in [3.8, 4) is 0 Å². The molecule has 1 aromatic rings. The van der Waals surface area contributed by atoms with Crippen LogP contribution in [0.25, 0.3) is 0 Å². The third-order valence-corrected chi connectivity index (χ3v) is 6.63. The van der Waals surface area contributed by atoms with Crippen LogP contribution in [0.3, 0.4) is 0 Å². The Balaban J connectivity index is 1.85. The van der Waals surface area contributed by atoms with Gasteiger partial charge in [0.1, 0.15) is 0 Å². The van der Waals surface area contributed by atoms with Gasteiger partial charge in [0.2, 0.25) is 0 Å². The van der Waals surface area contributed by atoms with E-state index in [1.165, 1.54) is 27.1 Å². The van der Waals surface area contributed by atoms with E-state index in [0.29, 0.717) is 6.04 Å². The third kappa shape index (κ3) is 3.28. The molecule has 0 bridgehead atoms. The largest absolute Gasteiger partial charge is 0.381 e. The average molecular weight is 359 g/mol. The first kappa shape index (κ1) is 15.0. The molecule has 3 nitrogen and oxygen atoms in total. The minimum absolute atomic E-state index is 0.580. The van der Waals surface area contributed by atoms with E-state index >= 15 is 0 Å². The number of piperazine rings is 1. The summed E-state index contributed by atoms with van der Waals surface area (Å²) in [7, 11) is 0. The first-order valence-corrected chi connectivity index (χ1v) is 9.15. The molecule has 0 aliphatic carbocycles. The van der Waals surface area contributed by atoms with Crippen LogP contribution in [-0.4, -0.2) is 44.3 Å². The highest BCUT2D eigenvalue weighted by molar-refractivity contribution is 9.11. The topological polar surface area (TPSA) is 24.5 Å². The second-order valence-corrected chi connectivity index (χ2v) is 8.19. The fourth-order valence-corrected chi connectivity index (χ4v) is 5.13. The van der Waals surface area contributed by atoms with Crippen molar-refractivity contribution in [2.45, 2.75) is 25.8 Å². The number of nitrogens with one attached hydrogen (secondary N) is 1. The molecular formula is C15H23BrN2OS. The molecule has 3 rings (SSSR count).